The minimum absolute atomic E-state index is 0.125. The number of aryl methyl sites for hydroxylation is 1. The Balaban J connectivity index is 0.00000169. The van der Waals surface area contributed by atoms with Gasteiger partial charge in [0, 0.05) is 42.9 Å². The van der Waals surface area contributed by atoms with Crippen molar-refractivity contribution in [2.24, 2.45) is 5.73 Å². The summed E-state index contributed by atoms with van der Waals surface area (Å²) in [5.74, 6) is -0.341. The van der Waals surface area contributed by atoms with Crippen LogP contribution in [0.1, 0.15) is 35.5 Å². The van der Waals surface area contributed by atoms with Gasteiger partial charge < -0.3 is 26.8 Å². The molecule has 3 aromatic heterocycles. The number of nitrogens with zero attached hydrogens (tertiary/aromatic N) is 6. The molecule has 0 saturated carbocycles. The number of halogens is 3. The van der Waals surface area contributed by atoms with Crippen LogP contribution in [0.5, 0.6) is 0 Å². The van der Waals surface area contributed by atoms with Crippen molar-refractivity contribution in [2.75, 3.05) is 18.4 Å². The molecule has 0 bridgehead atoms. The molecule has 6 N–H and O–H groups in total. The first-order valence-corrected chi connectivity index (χ1v) is 13.1. The number of hydrogen-bond donors (Lipinski definition) is 5. The normalized spacial score (nSPS) is 11.6. The zero-order chi connectivity index (χ0) is 32.4. The second-order valence-corrected chi connectivity index (χ2v) is 9.15. The third-order valence-electron chi connectivity index (χ3n) is 6.08. The van der Waals surface area contributed by atoms with Crippen LogP contribution in [0.2, 0.25) is 0 Å². The van der Waals surface area contributed by atoms with E-state index in [0.29, 0.717) is 17.7 Å². The van der Waals surface area contributed by atoms with Gasteiger partial charge in [-0.2, -0.15) is 23.5 Å². The average molecular weight is 615 g/mol. The van der Waals surface area contributed by atoms with E-state index in [1.54, 1.807) is 31.2 Å². The summed E-state index contributed by atoms with van der Waals surface area (Å²) in [7, 11) is 0. The zero-order valence-electron chi connectivity index (χ0n) is 23.6. The molecule has 4 rings (SSSR count). The Morgan fingerprint density at radius 2 is 1.93 bits per heavy atom. The predicted octanol–water partition coefficient (Wildman–Crippen LogP) is 2.34. The largest absolute Gasteiger partial charge is 0.483 e. The number of hydrogen-bond acceptors (Lipinski definition) is 9. The van der Waals surface area contributed by atoms with Gasteiger partial charge in [-0.25, -0.2) is 9.97 Å². The third kappa shape index (κ3) is 7.86. The van der Waals surface area contributed by atoms with Crippen LogP contribution in [0.3, 0.4) is 0 Å². The van der Waals surface area contributed by atoms with E-state index in [9.17, 15) is 22.8 Å². The van der Waals surface area contributed by atoms with Gasteiger partial charge in [0.2, 0.25) is 5.91 Å². The molecule has 0 fully saturated rings. The van der Waals surface area contributed by atoms with Crippen molar-refractivity contribution >= 4 is 35.4 Å². The number of amides is 2. The number of anilines is 2. The molecule has 232 valence electrons. The number of nitriles is 1. The van der Waals surface area contributed by atoms with Gasteiger partial charge in [-0.3, -0.25) is 23.5 Å². The van der Waals surface area contributed by atoms with Crippen LogP contribution in [-0.2, 0) is 28.7 Å². The summed E-state index contributed by atoms with van der Waals surface area (Å²) in [6.07, 6.45) is 1.14. The maximum absolute atomic E-state index is 13.7. The van der Waals surface area contributed by atoms with E-state index in [1.807, 2.05) is 6.92 Å². The monoisotopic (exact) mass is 614 g/mol. The smallest absolute Gasteiger partial charge is 0.435 e. The van der Waals surface area contributed by atoms with Crippen LogP contribution in [0.15, 0.2) is 43.0 Å². The number of carbonyl (C=O) groups is 3. The van der Waals surface area contributed by atoms with Crippen molar-refractivity contribution in [3.8, 4) is 17.3 Å². The number of carbonyl (C=O) groups excluding carboxylic acids is 2. The number of nitrogens with two attached hydrogens (primary N) is 1. The molecule has 1 atom stereocenters. The third-order valence-corrected chi connectivity index (χ3v) is 6.08. The van der Waals surface area contributed by atoms with Gasteiger partial charge in [0.15, 0.2) is 17.2 Å². The van der Waals surface area contributed by atoms with E-state index < -0.39 is 17.9 Å². The van der Waals surface area contributed by atoms with Crippen LogP contribution < -0.4 is 21.7 Å². The molecule has 0 spiro atoms. The minimum atomic E-state index is -4.74. The Kier molecular flexibility index (Phi) is 11.0. The number of benzene rings is 1. The number of alkyl halides is 3. The van der Waals surface area contributed by atoms with E-state index >= 15 is 0 Å². The summed E-state index contributed by atoms with van der Waals surface area (Å²) < 4.78 is 43.5. The van der Waals surface area contributed by atoms with Gasteiger partial charge in [0.1, 0.15) is 6.54 Å². The summed E-state index contributed by atoms with van der Waals surface area (Å²) in [5, 5.41) is 27.8. The topological polar surface area (TPSA) is 205 Å². The Morgan fingerprint density at radius 3 is 2.57 bits per heavy atom. The number of carboxylic acid groups (broad SMARTS) is 1. The summed E-state index contributed by atoms with van der Waals surface area (Å²) in [5.41, 5.74) is 6.32. The van der Waals surface area contributed by atoms with Gasteiger partial charge in [0.25, 0.3) is 12.4 Å². The molecule has 0 saturated heterocycles. The molecule has 3 heterocycles. The second kappa shape index (κ2) is 14.6. The van der Waals surface area contributed by atoms with Crippen molar-refractivity contribution in [2.45, 2.75) is 39.0 Å². The summed E-state index contributed by atoms with van der Waals surface area (Å²) in [6.45, 7) is 3.32. The van der Waals surface area contributed by atoms with Crippen LogP contribution in [-0.4, -0.2) is 66.7 Å². The van der Waals surface area contributed by atoms with Gasteiger partial charge in [-0.1, -0.05) is 6.92 Å². The number of imidazole rings is 1. The van der Waals surface area contributed by atoms with Crippen LogP contribution in [0, 0.1) is 11.3 Å². The first-order chi connectivity index (χ1) is 20.9. The number of fused-ring (bicyclic) bond motifs is 1. The lowest BCUT2D eigenvalue weighted by Gasteiger charge is -2.13. The number of aromatic nitrogens is 5. The highest BCUT2D eigenvalue weighted by atomic mass is 19.4. The number of nitrogens with one attached hydrogen (secondary N) is 3. The molecule has 0 unspecified atom stereocenters. The fourth-order valence-corrected chi connectivity index (χ4v) is 4.12. The molecular formula is C27H29F3N10O4. The minimum Gasteiger partial charge on any atom is -0.483 e. The van der Waals surface area contributed by atoms with Gasteiger partial charge >= 0.3 is 6.18 Å². The first-order valence-electron chi connectivity index (χ1n) is 13.1. The molecule has 0 radical (unpaired) electrons. The van der Waals surface area contributed by atoms with Gasteiger partial charge in [-0.15, -0.1) is 0 Å². The molecule has 0 aliphatic heterocycles. The highest BCUT2D eigenvalue weighted by molar-refractivity contribution is 5.96. The Bertz CT molecular complexity index is 1670. The standard InChI is InChI=1S/C26H27F3N10O2.CH2O2/c1-3-16-12-17(4-5-18(16)25(41)34-8-7-33-24(40)15(2)31)36-22-23-35-13-20(39(23)11-9-32-22)19-14-38(10-6-30)37-21(19)26(27,28)29;2-1-3/h4-5,9,11-15H,3,7-8,10,31H2,1-2H3,(H,32,36)(H,33,40)(H,34,41);1H,(H,2,3)/t15-;/m0./s1. The van der Waals surface area contributed by atoms with Crippen LogP contribution in [0.4, 0.5) is 24.7 Å². The lowest BCUT2D eigenvalue weighted by Crippen LogP contribution is -2.42. The number of rotatable bonds is 10. The fraction of sp³-hybridized carbons (Fsp3) is 0.296. The van der Waals surface area contributed by atoms with Crippen molar-refractivity contribution in [1.29, 1.82) is 5.26 Å². The molecule has 2 amide bonds. The average Bonchev–Trinajstić information content (AvgIpc) is 3.60. The van der Waals surface area contributed by atoms with Gasteiger partial charge in [0.05, 0.1) is 29.6 Å². The van der Waals surface area contributed by atoms with E-state index in [0.717, 1.165) is 16.4 Å². The molecule has 0 aliphatic carbocycles. The highest BCUT2D eigenvalue weighted by Crippen LogP contribution is 2.37. The van der Waals surface area contributed by atoms with Crippen LogP contribution >= 0.6 is 0 Å². The quantitative estimate of drug-likeness (QED) is 0.130. The van der Waals surface area contributed by atoms with E-state index in [4.69, 9.17) is 20.9 Å². The summed E-state index contributed by atoms with van der Waals surface area (Å²) in [6, 6.07) is 6.23. The van der Waals surface area contributed by atoms with Gasteiger partial charge in [-0.05, 0) is 37.1 Å². The van der Waals surface area contributed by atoms with Crippen molar-refractivity contribution in [3.05, 3.63) is 59.8 Å². The fourth-order valence-electron chi connectivity index (χ4n) is 4.12. The lowest BCUT2D eigenvalue weighted by atomic mass is 10.0. The predicted molar refractivity (Wildman–Crippen MR) is 152 cm³/mol. The van der Waals surface area contributed by atoms with Crippen molar-refractivity contribution in [3.63, 3.8) is 0 Å². The highest BCUT2D eigenvalue weighted by Gasteiger charge is 2.38. The van der Waals surface area contributed by atoms with Crippen molar-refractivity contribution in [1.82, 2.24) is 34.8 Å². The van der Waals surface area contributed by atoms with Crippen LogP contribution in [0.25, 0.3) is 16.9 Å². The Labute approximate surface area is 248 Å². The van der Waals surface area contributed by atoms with E-state index in [2.05, 4.69) is 31.0 Å². The van der Waals surface area contributed by atoms with Crippen molar-refractivity contribution < 1.29 is 32.7 Å². The molecular weight excluding hydrogens is 585 g/mol. The molecule has 44 heavy (non-hydrogen) atoms. The molecule has 0 aliphatic rings. The molecule has 14 nitrogen and oxygen atoms in total. The first kappa shape index (κ1) is 33.0. The second-order valence-electron chi connectivity index (χ2n) is 9.15. The maximum atomic E-state index is 13.7. The SMILES string of the molecule is CCc1cc(Nc2nccn3c(-c4cn(CC#N)nc4C(F)(F)F)cnc23)ccc1C(=O)NCCNC(=O)[C@H](C)N.O=CO. The Hall–Kier alpha value is -5.50. The molecule has 1 aromatic carbocycles. The molecule has 4 aromatic rings. The zero-order valence-corrected chi connectivity index (χ0v) is 23.6. The summed E-state index contributed by atoms with van der Waals surface area (Å²) in [4.78, 5) is 41.2. The van der Waals surface area contributed by atoms with E-state index in [1.165, 1.54) is 23.0 Å². The Morgan fingerprint density at radius 1 is 1.23 bits per heavy atom. The summed E-state index contributed by atoms with van der Waals surface area (Å²) >= 11 is 0. The van der Waals surface area contributed by atoms with E-state index in [-0.39, 0.29) is 60.6 Å². The maximum Gasteiger partial charge on any atom is 0.435 e. The lowest BCUT2D eigenvalue weighted by molar-refractivity contribution is -0.141. The molecule has 17 heteroatoms.